The van der Waals surface area contributed by atoms with Gasteiger partial charge in [-0.2, -0.15) is 0 Å². The second-order valence-electron chi connectivity index (χ2n) is 10.9. The molecule has 0 bridgehead atoms. The highest BCUT2D eigenvalue weighted by Gasteiger charge is 2.30. The number of halogens is 2. The molecule has 0 unspecified atom stereocenters. The van der Waals surface area contributed by atoms with Crippen molar-refractivity contribution in [2.75, 3.05) is 50.8 Å². The molecule has 3 heterocycles. The van der Waals surface area contributed by atoms with Gasteiger partial charge in [-0.25, -0.2) is 4.98 Å². The molecule has 2 aliphatic rings. The fraction of sp³-hybridized carbons (Fsp3) is 0.516. The van der Waals surface area contributed by atoms with Crippen LogP contribution in [0, 0.1) is 5.92 Å². The molecule has 5 rings (SSSR count). The number of hydrogen-bond donors (Lipinski definition) is 0. The Balaban J connectivity index is 1.13. The minimum atomic E-state index is -0.101. The number of carbonyl (C=O) groups is 2. The van der Waals surface area contributed by atoms with Gasteiger partial charge in [-0.3, -0.25) is 9.59 Å². The highest BCUT2D eigenvalue weighted by molar-refractivity contribution is 8.01. The van der Waals surface area contributed by atoms with Crippen LogP contribution in [-0.4, -0.2) is 77.7 Å². The van der Waals surface area contributed by atoms with Crippen LogP contribution in [0.1, 0.15) is 46.0 Å². The zero-order valence-electron chi connectivity index (χ0n) is 24.2. The van der Waals surface area contributed by atoms with Crippen LogP contribution in [0.4, 0.5) is 5.69 Å². The van der Waals surface area contributed by atoms with E-state index in [1.54, 1.807) is 30.4 Å². The van der Waals surface area contributed by atoms with Gasteiger partial charge in [-0.15, -0.1) is 11.3 Å². The summed E-state index contributed by atoms with van der Waals surface area (Å²) < 4.78 is 7.94. The molecule has 0 saturated carbocycles. The summed E-state index contributed by atoms with van der Waals surface area (Å²) in [5, 5.41) is 1.48. The average Bonchev–Trinajstić information content (AvgIpc) is 3.39. The number of piperidine rings is 2. The van der Waals surface area contributed by atoms with Gasteiger partial charge >= 0.3 is 0 Å². The molecule has 2 saturated heterocycles. The maximum Gasteiger partial charge on any atom is 0.230 e. The first kappa shape index (κ1) is 31.4. The molecule has 0 aliphatic carbocycles. The van der Waals surface area contributed by atoms with E-state index in [2.05, 4.69) is 11.0 Å². The minimum absolute atomic E-state index is 0.0700. The predicted octanol–water partition coefficient (Wildman–Crippen LogP) is 7.24. The number of rotatable bonds is 10. The van der Waals surface area contributed by atoms with Gasteiger partial charge in [0.05, 0.1) is 26.9 Å². The smallest absolute Gasteiger partial charge is 0.230 e. The van der Waals surface area contributed by atoms with Crippen LogP contribution in [0.5, 0.6) is 5.75 Å². The van der Waals surface area contributed by atoms with E-state index in [1.165, 1.54) is 4.70 Å². The molecule has 2 aromatic carbocycles. The Morgan fingerprint density at radius 1 is 1.05 bits per heavy atom. The topological polar surface area (TPSA) is 66.0 Å². The van der Waals surface area contributed by atoms with Crippen molar-refractivity contribution in [2.45, 2.75) is 55.5 Å². The molecular weight excluding hydrogens is 611 g/mol. The van der Waals surface area contributed by atoms with Crippen LogP contribution in [-0.2, 0) is 9.59 Å². The molecule has 11 heteroatoms. The largest absolute Gasteiger partial charge is 0.494 e. The number of anilines is 1. The molecular formula is C31H38Cl2N4O3S2. The number of hydrogen-bond acceptors (Lipinski definition) is 7. The molecule has 2 amide bonds. The first-order chi connectivity index (χ1) is 20.3. The summed E-state index contributed by atoms with van der Waals surface area (Å²) >= 11 is 16.2. The first-order valence-corrected chi connectivity index (χ1v) is 17.2. The molecule has 2 fully saturated rings. The highest BCUT2D eigenvalue weighted by atomic mass is 35.5. The van der Waals surface area contributed by atoms with Crippen LogP contribution in [0.15, 0.2) is 40.7 Å². The van der Waals surface area contributed by atoms with E-state index in [0.717, 1.165) is 60.2 Å². The second-order valence-corrected chi connectivity index (χ2v) is 14.3. The minimum Gasteiger partial charge on any atom is -0.494 e. The number of fused-ring (bicyclic) bond motifs is 1. The van der Waals surface area contributed by atoms with Crippen molar-refractivity contribution >= 4 is 74.0 Å². The molecule has 1 aromatic heterocycles. The van der Waals surface area contributed by atoms with Gasteiger partial charge in [0, 0.05) is 43.4 Å². The van der Waals surface area contributed by atoms with E-state index in [1.807, 2.05) is 46.7 Å². The molecule has 0 spiro atoms. The number of ether oxygens (including phenoxy) is 1. The predicted molar refractivity (Wildman–Crippen MR) is 175 cm³/mol. The maximum absolute atomic E-state index is 13.7. The number of amides is 2. The maximum atomic E-state index is 13.7. The SMILES string of the molecule is CCOc1ccc2nc(SC3CCN(CCCN(C(=O)C4CCN(C(C)=O)CC4)c4ccc(Cl)c(Cl)c4)CC3)sc2c1. The summed E-state index contributed by atoms with van der Waals surface area (Å²) in [5.74, 6) is 0.976. The molecule has 42 heavy (non-hydrogen) atoms. The van der Waals surface area contributed by atoms with Crippen molar-refractivity contribution < 1.29 is 14.3 Å². The van der Waals surface area contributed by atoms with Crippen molar-refractivity contribution in [3.8, 4) is 5.75 Å². The number of nitrogens with zero attached hydrogens (tertiary/aromatic N) is 4. The number of thiazole rings is 1. The Morgan fingerprint density at radius 2 is 1.81 bits per heavy atom. The molecule has 0 radical (unpaired) electrons. The first-order valence-electron chi connectivity index (χ1n) is 14.7. The Morgan fingerprint density at radius 3 is 2.50 bits per heavy atom. The van der Waals surface area contributed by atoms with E-state index < -0.39 is 0 Å². The summed E-state index contributed by atoms with van der Waals surface area (Å²) in [7, 11) is 0. The molecule has 0 atom stereocenters. The number of likely N-dealkylation sites (tertiary alicyclic amines) is 2. The van der Waals surface area contributed by atoms with Crippen molar-refractivity contribution in [3.05, 3.63) is 46.4 Å². The van der Waals surface area contributed by atoms with Crippen LogP contribution in [0.25, 0.3) is 10.2 Å². The molecule has 3 aromatic rings. The number of benzene rings is 2. The van der Waals surface area contributed by atoms with Crippen molar-refractivity contribution in [3.63, 3.8) is 0 Å². The van der Waals surface area contributed by atoms with Gasteiger partial charge in [0.1, 0.15) is 5.75 Å². The fourth-order valence-corrected chi connectivity index (χ4v) is 8.49. The van der Waals surface area contributed by atoms with Crippen molar-refractivity contribution in [2.24, 2.45) is 5.92 Å². The Hall–Kier alpha value is -2.04. The van der Waals surface area contributed by atoms with E-state index >= 15 is 0 Å². The van der Waals surface area contributed by atoms with Crippen LogP contribution >= 0.6 is 46.3 Å². The summed E-state index contributed by atoms with van der Waals surface area (Å²) in [6, 6.07) is 11.5. The van der Waals surface area contributed by atoms with E-state index in [9.17, 15) is 9.59 Å². The standard InChI is InChI=1S/C31H38Cl2N4O3S2/c1-3-40-24-6-8-28-29(20-24)42-31(34-28)41-25-11-15-35(16-12-25)13-4-14-37(23-5-7-26(32)27(33)19-23)30(39)22-9-17-36(18-10-22)21(2)38/h5-8,19-20,22,25H,3-4,9-18H2,1-2H3. The van der Waals surface area contributed by atoms with Gasteiger partial charge in [0.15, 0.2) is 4.34 Å². The monoisotopic (exact) mass is 648 g/mol. The summed E-state index contributed by atoms with van der Waals surface area (Å²) in [6.07, 6.45) is 4.48. The fourth-order valence-electron chi connectivity index (χ4n) is 5.72. The van der Waals surface area contributed by atoms with Gasteiger partial charge in [-0.05, 0) is 95.1 Å². The molecule has 226 valence electrons. The van der Waals surface area contributed by atoms with Gasteiger partial charge < -0.3 is 19.4 Å². The average molecular weight is 650 g/mol. The van der Waals surface area contributed by atoms with Crippen molar-refractivity contribution in [1.29, 1.82) is 0 Å². The Kier molecular flexibility index (Phi) is 10.9. The normalized spacial score (nSPS) is 17.1. The van der Waals surface area contributed by atoms with E-state index in [-0.39, 0.29) is 17.7 Å². The van der Waals surface area contributed by atoms with Gasteiger partial charge in [-0.1, -0.05) is 35.0 Å². The Bertz CT molecular complexity index is 1390. The molecule has 0 N–H and O–H groups in total. The molecule has 2 aliphatic heterocycles. The third-order valence-electron chi connectivity index (χ3n) is 8.08. The quantitative estimate of drug-likeness (QED) is 0.231. The van der Waals surface area contributed by atoms with Gasteiger partial charge in [0.2, 0.25) is 11.8 Å². The summed E-state index contributed by atoms with van der Waals surface area (Å²) in [6.45, 7) is 9.14. The third-order valence-corrected chi connectivity index (χ3v) is 11.3. The van der Waals surface area contributed by atoms with Crippen LogP contribution in [0.2, 0.25) is 10.0 Å². The van der Waals surface area contributed by atoms with Crippen LogP contribution in [0.3, 0.4) is 0 Å². The number of thioether (sulfide) groups is 1. The van der Waals surface area contributed by atoms with E-state index in [0.29, 0.717) is 54.4 Å². The third kappa shape index (κ3) is 7.91. The lowest BCUT2D eigenvalue weighted by atomic mass is 9.94. The Labute approximate surface area is 266 Å². The van der Waals surface area contributed by atoms with Crippen molar-refractivity contribution in [1.82, 2.24) is 14.8 Å². The second kappa shape index (κ2) is 14.6. The highest BCUT2D eigenvalue weighted by Crippen LogP contribution is 2.37. The van der Waals surface area contributed by atoms with E-state index in [4.69, 9.17) is 32.9 Å². The molecule has 7 nitrogen and oxygen atoms in total. The zero-order valence-corrected chi connectivity index (χ0v) is 27.3. The summed E-state index contributed by atoms with van der Waals surface area (Å²) in [5.41, 5.74) is 1.82. The lowest BCUT2D eigenvalue weighted by molar-refractivity contribution is -0.133. The lowest BCUT2D eigenvalue weighted by Crippen LogP contribution is -2.45. The summed E-state index contributed by atoms with van der Waals surface area (Å²) in [4.78, 5) is 36.5. The van der Waals surface area contributed by atoms with Crippen LogP contribution < -0.4 is 9.64 Å². The number of aromatic nitrogens is 1. The number of carbonyl (C=O) groups excluding carboxylic acids is 2. The zero-order chi connectivity index (χ0) is 29.6. The lowest BCUT2D eigenvalue weighted by Gasteiger charge is -2.35. The van der Waals surface area contributed by atoms with Gasteiger partial charge in [0.25, 0.3) is 0 Å².